The fraction of sp³-hybridized carbons (Fsp3) is 0.0682. The molecule has 4 aromatic heterocycles. The second-order valence-corrected chi connectivity index (χ2v) is 14.1. The lowest BCUT2D eigenvalue weighted by Crippen LogP contribution is -2.13. The molecule has 1 unspecified atom stereocenters. The summed E-state index contributed by atoms with van der Waals surface area (Å²) < 4.78 is 0. The number of benzene rings is 4. The lowest BCUT2D eigenvalue weighted by Gasteiger charge is -2.23. The van der Waals surface area contributed by atoms with Crippen LogP contribution in [0.5, 0.6) is 11.5 Å². The molecular weight excluding hydrogens is 802 g/mol. The van der Waals surface area contributed by atoms with Gasteiger partial charge < -0.3 is 21.3 Å². The number of nitrogens with zero attached hydrogens (tertiary/aromatic N) is 4. The molecule has 0 aliphatic rings. The van der Waals surface area contributed by atoms with Gasteiger partial charge in [-0.1, -0.05) is 88.9 Å². The maximum atomic E-state index is 11.0. The van der Waals surface area contributed by atoms with Crippen molar-refractivity contribution in [3.8, 4) is 11.5 Å². The third kappa shape index (κ3) is 11.8. The summed E-state index contributed by atoms with van der Waals surface area (Å²) in [5.41, 5.74) is 11.9. The number of nitrogen functional groups attached to an aromatic ring is 1. The average molecular weight is 839 g/mol. The fourth-order valence-corrected chi connectivity index (χ4v) is 6.29. The number of carbonyl (C=O) groups excluding carboxylic acids is 1. The van der Waals surface area contributed by atoms with Crippen molar-refractivity contribution in [3.63, 3.8) is 0 Å². The SMILES string of the molecule is Cc1ccc(N)cn1.Cc1ccc(NC(c2ccc(Cl)cc2Cl)c2ccc3cccnc3c2O)cn1.O=Cc1ccc(Cl)cc1Cl.Oc1cccc2cccnc12. The number of phenols is 2. The Labute approximate surface area is 349 Å². The van der Waals surface area contributed by atoms with Crippen LogP contribution in [-0.4, -0.2) is 36.4 Å². The minimum atomic E-state index is -0.416. The summed E-state index contributed by atoms with van der Waals surface area (Å²) in [6.07, 6.45) is 7.42. The van der Waals surface area contributed by atoms with Gasteiger partial charge in [-0.25, -0.2) is 0 Å². The number of aryl methyl sites for hydroxylation is 2. The number of hydrogen-bond acceptors (Lipinski definition) is 9. The highest BCUT2D eigenvalue weighted by molar-refractivity contribution is 6.36. The Morgan fingerprint density at radius 3 is 1.81 bits per heavy atom. The highest BCUT2D eigenvalue weighted by Gasteiger charge is 2.22. The number of aromatic nitrogens is 4. The van der Waals surface area contributed by atoms with E-state index >= 15 is 0 Å². The first-order chi connectivity index (χ1) is 27.4. The van der Waals surface area contributed by atoms with Crippen LogP contribution in [0.3, 0.4) is 0 Å². The Hall–Kier alpha value is -5.97. The molecule has 0 fully saturated rings. The monoisotopic (exact) mass is 836 g/mol. The molecule has 4 aromatic carbocycles. The first-order valence-electron chi connectivity index (χ1n) is 17.2. The van der Waals surface area contributed by atoms with Gasteiger partial charge in [0.2, 0.25) is 0 Å². The van der Waals surface area contributed by atoms with E-state index in [2.05, 4.69) is 25.3 Å². The summed E-state index contributed by atoms with van der Waals surface area (Å²) in [5.74, 6) is 0.352. The second kappa shape index (κ2) is 20.3. The van der Waals surface area contributed by atoms with Crippen molar-refractivity contribution in [1.82, 2.24) is 19.9 Å². The van der Waals surface area contributed by atoms with E-state index < -0.39 is 6.04 Å². The number of anilines is 2. The number of fused-ring (bicyclic) bond motifs is 2. The predicted molar refractivity (Wildman–Crippen MR) is 233 cm³/mol. The van der Waals surface area contributed by atoms with Crippen LogP contribution in [0.25, 0.3) is 21.8 Å². The molecule has 0 spiro atoms. The smallest absolute Gasteiger partial charge is 0.151 e. The maximum absolute atomic E-state index is 11.0. The van der Waals surface area contributed by atoms with E-state index in [1.807, 2.05) is 86.6 Å². The van der Waals surface area contributed by atoms with Crippen LogP contribution < -0.4 is 11.1 Å². The number of carbonyl (C=O) groups is 1. The average Bonchev–Trinajstić information content (AvgIpc) is 3.21. The van der Waals surface area contributed by atoms with Gasteiger partial charge in [0.25, 0.3) is 0 Å². The molecular formula is C44H36Cl4N6O3. The van der Waals surface area contributed by atoms with E-state index in [-0.39, 0.29) is 11.5 Å². The zero-order chi connectivity index (χ0) is 40.9. The van der Waals surface area contributed by atoms with E-state index in [4.69, 9.17) is 52.1 Å². The van der Waals surface area contributed by atoms with Crippen LogP contribution in [0.1, 0.15) is 38.9 Å². The van der Waals surface area contributed by atoms with Gasteiger partial charge in [-0.15, -0.1) is 0 Å². The molecule has 0 saturated heterocycles. The van der Waals surface area contributed by atoms with E-state index in [9.17, 15) is 15.0 Å². The fourth-order valence-electron chi connectivity index (χ4n) is 5.32. The highest BCUT2D eigenvalue weighted by atomic mass is 35.5. The summed E-state index contributed by atoms with van der Waals surface area (Å²) in [7, 11) is 0. The van der Waals surface area contributed by atoms with Crippen LogP contribution in [0, 0.1) is 13.8 Å². The molecule has 0 radical (unpaired) electrons. The lowest BCUT2D eigenvalue weighted by atomic mass is 9.96. The number of aromatic hydroxyl groups is 2. The minimum Gasteiger partial charge on any atom is -0.506 e. The molecule has 0 aliphatic carbocycles. The number of rotatable bonds is 5. The first kappa shape index (κ1) is 42.2. The van der Waals surface area contributed by atoms with Crippen molar-refractivity contribution in [2.24, 2.45) is 0 Å². The third-order valence-corrected chi connectivity index (χ3v) is 9.35. The molecule has 13 heteroatoms. The normalized spacial score (nSPS) is 10.8. The molecule has 5 N–H and O–H groups in total. The van der Waals surface area contributed by atoms with Gasteiger partial charge in [0, 0.05) is 60.7 Å². The van der Waals surface area contributed by atoms with Gasteiger partial charge >= 0.3 is 0 Å². The molecule has 8 rings (SSSR count). The van der Waals surface area contributed by atoms with Crippen LogP contribution in [-0.2, 0) is 0 Å². The Morgan fingerprint density at radius 2 is 1.23 bits per heavy atom. The van der Waals surface area contributed by atoms with E-state index in [0.29, 0.717) is 48.5 Å². The molecule has 4 heterocycles. The quantitative estimate of drug-likeness (QED) is 0.124. The number of hydrogen-bond donors (Lipinski definition) is 4. The summed E-state index contributed by atoms with van der Waals surface area (Å²) in [6.45, 7) is 3.86. The van der Waals surface area contributed by atoms with Crippen molar-refractivity contribution in [1.29, 1.82) is 0 Å². The molecule has 0 amide bonds. The number of para-hydroxylation sites is 1. The third-order valence-electron chi connectivity index (χ3n) is 8.22. The van der Waals surface area contributed by atoms with Gasteiger partial charge in [-0.3, -0.25) is 24.7 Å². The summed E-state index contributed by atoms with van der Waals surface area (Å²) in [5, 5.41) is 27.5. The highest BCUT2D eigenvalue weighted by Crippen LogP contribution is 2.39. The molecule has 0 aliphatic heterocycles. The number of aldehydes is 1. The Kier molecular flexibility index (Phi) is 15.0. The van der Waals surface area contributed by atoms with Gasteiger partial charge in [0.15, 0.2) is 6.29 Å². The molecule has 8 aromatic rings. The number of phenolic OH excluding ortho intramolecular Hbond substituents is 2. The summed E-state index contributed by atoms with van der Waals surface area (Å²) in [6, 6.07) is 33.9. The van der Waals surface area contributed by atoms with Crippen molar-refractivity contribution < 1.29 is 15.0 Å². The molecule has 9 nitrogen and oxygen atoms in total. The van der Waals surface area contributed by atoms with Crippen molar-refractivity contribution in [3.05, 3.63) is 188 Å². The van der Waals surface area contributed by atoms with Gasteiger partial charge in [0.1, 0.15) is 22.5 Å². The standard InChI is InChI=1S/C22H17Cl2N3O.C9H7NO.C7H4Cl2O.C6H8N2/c1-13-4-7-16(12-26-13)27-21(17-9-6-15(23)11-19(17)24)18-8-5-14-3-2-10-25-20(14)22(18)28;11-8-5-1-3-7-4-2-6-10-9(7)8;8-6-2-1-5(4-10)7(9)3-6;1-5-2-3-6(7)4-8-5/h2-12,21,27-28H,1H3;1-6,11H;1-4H;2-4H,7H2,1H3. The molecule has 288 valence electrons. The lowest BCUT2D eigenvalue weighted by molar-refractivity contribution is 0.112. The number of halogens is 4. The topological polar surface area (TPSA) is 147 Å². The van der Waals surface area contributed by atoms with Crippen LogP contribution >= 0.6 is 46.4 Å². The van der Waals surface area contributed by atoms with E-state index in [1.165, 1.54) is 6.07 Å². The van der Waals surface area contributed by atoms with E-state index in [0.717, 1.165) is 39.1 Å². The van der Waals surface area contributed by atoms with Gasteiger partial charge in [0.05, 0.1) is 34.8 Å². The first-order valence-corrected chi connectivity index (χ1v) is 18.8. The number of pyridine rings is 4. The molecule has 0 bridgehead atoms. The van der Waals surface area contributed by atoms with Crippen LogP contribution in [0.4, 0.5) is 11.4 Å². The van der Waals surface area contributed by atoms with Gasteiger partial charge in [-0.05, 0) is 92.2 Å². The van der Waals surface area contributed by atoms with Crippen molar-refractivity contribution in [2.75, 3.05) is 11.1 Å². The van der Waals surface area contributed by atoms with Crippen LogP contribution in [0.2, 0.25) is 20.1 Å². The summed E-state index contributed by atoms with van der Waals surface area (Å²) >= 11 is 23.8. The van der Waals surface area contributed by atoms with E-state index in [1.54, 1.807) is 61.2 Å². The van der Waals surface area contributed by atoms with Crippen LogP contribution in [0.15, 0.2) is 140 Å². The minimum absolute atomic E-state index is 0.113. The zero-order valence-electron chi connectivity index (χ0n) is 30.6. The predicted octanol–water partition coefficient (Wildman–Crippen LogP) is 11.9. The Morgan fingerprint density at radius 1 is 0.632 bits per heavy atom. The summed E-state index contributed by atoms with van der Waals surface area (Å²) in [4.78, 5) is 26.9. The molecule has 1 atom stereocenters. The number of nitrogens with two attached hydrogens (primary N) is 1. The van der Waals surface area contributed by atoms with Gasteiger partial charge in [-0.2, -0.15) is 0 Å². The maximum Gasteiger partial charge on any atom is 0.151 e. The number of nitrogens with one attached hydrogen (secondary N) is 1. The molecule has 0 saturated carbocycles. The molecule has 57 heavy (non-hydrogen) atoms. The Balaban J connectivity index is 0.000000173. The Bertz CT molecular complexity index is 2570. The largest absolute Gasteiger partial charge is 0.506 e. The van der Waals surface area contributed by atoms with Crippen molar-refractivity contribution >= 4 is 85.9 Å². The second-order valence-electron chi connectivity index (χ2n) is 12.4. The van der Waals surface area contributed by atoms with Crippen molar-refractivity contribution in [2.45, 2.75) is 19.9 Å². The zero-order valence-corrected chi connectivity index (χ0v) is 33.6.